The maximum Gasteiger partial charge on any atom is 0.189 e. The van der Waals surface area contributed by atoms with Crippen molar-refractivity contribution in [3.63, 3.8) is 0 Å². The van der Waals surface area contributed by atoms with Gasteiger partial charge >= 0.3 is 0 Å². The van der Waals surface area contributed by atoms with E-state index in [1.54, 1.807) is 0 Å². The SMILES string of the molecule is OC[C@H]1OCO[C@@H]2[C@H]3OCO[C@H]3O[C@@H]21. The lowest BCUT2D eigenvalue weighted by Gasteiger charge is -2.32. The lowest BCUT2D eigenvalue weighted by molar-refractivity contribution is -0.250. The first-order valence-corrected chi connectivity index (χ1v) is 4.63. The number of ether oxygens (including phenoxy) is 5. The molecular weight excluding hydrogens is 192 g/mol. The monoisotopic (exact) mass is 204 g/mol. The number of rotatable bonds is 1. The zero-order valence-corrected chi connectivity index (χ0v) is 7.50. The zero-order valence-electron chi connectivity index (χ0n) is 7.50. The number of hydrogen-bond donors (Lipinski definition) is 1. The van der Waals surface area contributed by atoms with Gasteiger partial charge in [-0.25, -0.2) is 0 Å². The molecule has 14 heavy (non-hydrogen) atoms. The summed E-state index contributed by atoms with van der Waals surface area (Å²) < 4.78 is 26.6. The zero-order chi connectivity index (χ0) is 9.54. The first kappa shape index (κ1) is 9.02. The van der Waals surface area contributed by atoms with Crippen molar-refractivity contribution in [2.75, 3.05) is 20.2 Å². The van der Waals surface area contributed by atoms with Crippen LogP contribution in [0.4, 0.5) is 0 Å². The molecule has 0 radical (unpaired) electrons. The predicted octanol–water partition coefficient (Wildman–Crippen LogP) is -1.18. The van der Waals surface area contributed by atoms with E-state index in [9.17, 15) is 0 Å². The Balaban J connectivity index is 1.78. The van der Waals surface area contributed by atoms with E-state index in [1.165, 1.54) is 0 Å². The second kappa shape index (κ2) is 3.41. The minimum atomic E-state index is -0.374. The van der Waals surface area contributed by atoms with Crippen molar-refractivity contribution in [2.24, 2.45) is 0 Å². The van der Waals surface area contributed by atoms with Crippen LogP contribution in [0.15, 0.2) is 0 Å². The van der Waals surface area contributed by atoms with Crippen LogP contribution in [0.2, 0.25) is 0 Å². The van der Waals surface area contributed by atoms with E-state index in [4.69, 9.17) is 28.8 Å². The average Bonchev–Trinajstić information content (AvgIpc) is 2.76. The molecular formula is C8H12O6. The van der Waals surface area contributed by atoms with Crippen LogP contribution in [0.3, 0.4) is 0 Å². The van der Waals surface area contributed by atoms with E-state index in [1.807, 2.05) is 0 Å². The fourth-order valence-electron chi connectivity index (χ4n) is 2.09. The summed E-state index contributed by atoms with van der Waals surface area (Å²) in [7, 11) is 0. The van der Waals surface area contributed by atoms with Gasteiger partial charge in [0, 0.05) is 0 Å². The van der Waals surface area contributed by atoms with Gasteiger partial charge in [-0.2, -0.15) is 0 Å². The molecule has 6 heteroatoms. The Morgan fingerprint density at radius 1 is 0.929 bits per heavy atom. The molecule has 0 bridgehead atoms. The lowest BCUT2D eigenvalue weighted by atomic mass is 10.1. The Labute approximate surface area is 80.6 Å². The Hall–Kier alpha value is -0.240. The summed E-state index contributed by atoms with van der Waals surface area (Å²) in [6.07, 6.45) is -1.37. The first-order chi connectivity index (χ1) is 6.90. The third-order valence-corrected chi connectivity index (χ3v) is 2.79. The summed E-state index contributed by atoms with van der Waals surface area (Å²) in [5.74, 6) is 0. The molecule has 0 saturated carbocycles. The number of hydrogen-bond acceptors (Lipinski definition) is 6. The number of fused-ring (bicyclic) bond motifs is 3. The third kappa shape index (κ3) is 1.19. The van der Waals surface area contributed by atoms with Crippen molar-refractivity contribution in [1.29, 1.82) is 0 Å². The highest BCUT2D eigenvalue weighted by Crippen LogP contribution is 2.35. The van der Waals surface area contributed by atoms with Gasteiger partial charge in [-0.05, 0) is 0 Å². The smallest absolute Gasteiger partial charge is 0.189 e. The third-order valence-electron chi connectivity index (χ3n) is 2.79. The fraction of sp³-hybridized carbons (Fsp3) is 1.00. The lowest BCUT2D eigenvalue weighted by Crippen LogP contribution is -2.49. The van der Waals surface area contributed by atoms with E-state index < -0.39 is 0 Å². The molecule has 0 aliphatic carbocycles. The van der Waals surface area contributed by atoms with Crippen molar-refractivity contribution >= 4 is 0 Å². The van der Waals surface area contributed by atoms with Gasteiger partial charge in [-0.15, -0.1) is 0 Å². The van der Waals surface area contributed by atoms with Gasteiger partial charge in [0.2, 0.25) is 0 Å². The molecule has 0 amide bonds. The van der Waals surface area contributed by atoms with Crippen LogP contribution < -0.4 is 0 Å². The topological polar surface area (TPSA) is 66.4 Å². The predicted molar refractivity (Wildman–Crippen MR) is 41.2 cm³/mol. The van der Waals surface area contributed by atoms with Gasteiger partial charge in [0.15, 0.2) is 13.1 Å². The van der Waals surface area contributed by atoms with Crippen molar-refractivity contribution in [3.8, 4) is 0 Å². The molecule has 3 heterocycles. The van der Waals surface area contributed by atoms with Gasteiger partial charge in [0.25, 0.3) is 0 Å². The first-order valence-electron chi connectivity index (χ1n) is 4.63. The summed E-state index contributed by atoms with van der Waals surface area (Å²) in [5, 5.41) is 9.06. The number of aliphatic hydroxyl groups is 1. The maximum atomic E-state index is 9.06. The maximum absolute atomic E-state index is 9.06. The molecule has 3 aliphatic rings. The Bertz CT molecular complexity index is 222. The largest absolute Gasteiger partial charge is 0.394 e. The van der Waals surface area contributed by atoms with E-state index in [0.29, 0.717) is 0 Å². The molecule has 80 valence electrons. The quantitative estimate of drug-likeness (QED) is 0.580. The van der Waals surface area contributed by atoms with Crippen LogP contribution in [0, 0.1) is 0 Å². The van der Waals surface area contributed by atoms with E-state index in [2.05, 4.69) is 0 Å². The normalized spacial score (nSPS) is 51.6. The van der Waals surface area contributed by atoms with E-state index in [0.717, 1.165) is 0 Å². The molecule has 1 N–H and O–H groups in total. The van der Waals surface area contributed by atoms with Crippen LogP contribution in [0.25, 0.3) is 0 Å². The molecule has 0 spiro atoms. The van der Waals surface area contributed by atoms with Gasteiger partial charge in [0.1, 0.15) is 31.2 Å². The fourth-order valence-corrected chi connectivity index (χ4v) is 2.09. The van der Waals surface area contributed by atoms with Crippen molar-refractivity contribution in [3.05, 3.63) is 0 Å². The summed E-state index contributed by atoms with van der Waals surface area (Å²) in [4.78, 5) is 0. The van der Waals surface area contributed by atoms with Gasteiger partial charge < -0.3 is 28.8 Å². The van der Waals surface area contributed by atoms with Crippen molar-refractivity contribution < 1.29 is 28.8 Å². The molecule has 3 fully saturated rings. The van der Waals surface area contributed by atoms with Crippen LogP contribution in [0.5, 0.6) is 0 Å². The summed E-state index contributed by atoms with van der Waals surface area (Å²) in [5.41, 5.74) is 0. The molecule has 3 saturated heterocycles. The number of aliphatic hydroxyl groups excluding tert-OH is 1. The van der Waals surface area contributed by atoms with Gasteiger partial charge in [0.05, 0.1) is 6.61 Å². The van der Waals surface area contributed by atoms with Crippen LogP contribution >= 0.6 is 0 Å². The van der Waals surface area contributed by atoms with Crippen molar-refractivity contribution in [1.82, 2.24) is 0 Å². The van der Waals surface area contributed by atoms with E-state index in [-0.39, 0.29) is 50.9 Å². The second-order valence-corrected chi connectivity index (χ2v) is 3.52. The van der Waals surface area contributed by atoms with Crippen LogP contribution in [-0.4, -0.2) is 56.0 Å². The Morgan fingerprint density at radius 3 is 2.57 bits per heavy atom. The molecule has 0 aromatic rings. The molecule has 3 aliphatic heterocycles. The summed E-state index contributed by atoms with van der Waals surface area (Å²) in [6.45, 7) is 0.332. The minimum Gasteiger partial charge on any atom is -0.394 e. The van der Waals surface area contributed by atoms with Gasteiger partial charge in [-0.1, -0.05) is 0 Å². The second-order valence-electron chi connectivity index (χ2n) is 3.52. The Kier molecular flexibility index (Phi) is 2.19. The standard InChI is InChI=1S/C8H12O6/c9-1-4-5-6(11-2-10-4)7-8(14-5)13-3-12-7/h4-9H,1-3H2/t4-,5-,6+,7-,8+/m1/s1. The summed E-state index contributed by atoms with van der Waals surface area (Å²) in [6, 6.07) is 0. The van der Waals surface area contributed by atoms with Crippen molar-refractivity contribution in [2.45, 2.75) is 30.7 Å². The molecule has 5 atom stereocenters. The molecule has 0 aromatic heterocycles. The molecule has 0 aromatic carbocycles. The minimum absolute atomic E-state index is 0.0794. The highest BCUT2D eigenvalue weighted by atomic mass is 16.8. The highest BCUT2D eigenvalue weighted by molar-refractivity contribution is 4.96. The molecule has 3 rings (SSSR count). The van der Waals surface area contributed by atoms with Crippen LogP contribution in [0.1, 0.15) is 0 Å². The molecule has 6 nitrogen and oxygen atoms in total. The highest BCUT2D eigenvalue weighted by Gasteiger charge is 2.54. The van der Waals surface area contributed by atoms with Gasteiger partial charge in [-0.3, -0.25) is 0 Å². The average molecular weight is 204 g/mol. The van der Waals surface area contributed by atoms with Crippen LogP contribution in [-0.2, 0) is 23.7 Å². The Morgan fingerprint density at radius 2 is 1.71 bits per heavy atom. The summed E-state index contributed by atoms with van der Waals surface area (Å²) >= 11 is 0. The molecule has 0 unspecified atom stereocenters. The van der Waals surface area contributed by atoms with E-state index >= 15 is 0 Å².